The summed E-state index contributed by atoms with van der Waals surface area (Å²) < 4.78 is 22.2. The lowest BCUT2D eigenvalue weighted by Gasteiger charge is -2.36. The average molecular weight is 363 g/mol. The number of aliphatic imine (C=N–C) groups is 1. The van der Waals surface area contributed by atoms with Crippen molar-refractivity contribution in [2.45, 2.75) is 43.9 Å². The number of hydrogen-bond acceptors (Lipinski definition) is 6. The minimum absolute atomic E-state index is 0.0332. The molecule has 6 nitrogen and oxygen atoms in total. The van der Waals surface area contributed by atoms with Crippen molar-refractivity contribution >= 4 is 5.71 Å². The molecule has 0 saturated heterocycles. The number of benzene rings is 1. The van der Waals surface area contributed by atoms with Gasteiger partial charge in [0.25, 0.3) is 0 Å². The Morgan fingerprint density at radius 3 is 2.12 bits per heavy atom. The van der Waals surface area contributed by atoms with Crippen molar-refractivity contribution < 1.29 is 24.1 Å². The van der Waals surface area contributed by atoms with E-state index in [4.69, 9.17) is 23.9 Å². The third-order valence-corrected chi connectivity index (χ3v) is 5.55. The minimum atomic E-state index is -0.125. The smallest absolute Gasteiger partial charge is 0.161 e. The summed E-state index contributed by atoms with van der Waals surface area (Å²) in [6.45, 7) is 0.0332. The van der Waals surface area contributed by atoms with Crippen LogP contribution in [0.15, 0.2) is 17.1 Å². The molecular formula is C20H29NO5. The molecule has 1 saturated carbocycles. The van der Waals surface area contributed by atoms with E-state index in [0.717, 1.165) is 36.1 Å². The van der Waals surface area contributed by atoms with Crippen LogP contribution in [0.3, 0.4) is 0 Å². The van der Waals surface area contributed by atoms with Crippen molar-refractivity contribution in [3.63, 3.8) is 0 Å². The first-order valence-electron chi connectivity index (χ1n) is 9.12. The minimum Gasteiger partial charge on any atom is -0.493 e. The molecule has 1 aliphatic carbocycles. The highest BCUT2D eigenvalue weighted by molar-refractivity contribution is 6.05. The Kier molecular flexibility index (Phi) is 6.16. The fraction of sp³-hybridized carbons (Fsp3) is 0.650. The first-order chi connectivity index (χ1) is 12.6. The van der Waals surface area contributed by atoms with Crippen LogP contribution in [0.2, 0.25) is 0 Å². The number of fused-ring (bicyclic) bond motifs is 1. The number of hydrogen-bond donors (Lipinski definition) is 1. The first kappa shape index (κ1) is 19.1. The van der Waals surface area contributed by atoms with Crippen LogP contribution in [0.1, 0.15) is 30.4 Å². The van der Waals surface area contributed by atoms with E-state index in [-0.39, 0.29) is 30.8 Å². The van der Waals surface area contributed by atoms with Gasteiger partial charge in [-0.3, -0.25) is 4.99 Å². The van der Waals surface area contributed by atoms with Crippen molar-refractivity contribution in [2.24, 2.45) is 10.9 Å². The lowest BCUT2D eigenvalue weighted by Crippen LogP contribution is -2.38. The third-order valence-electron chi connectivity index (χ3n) is 5.55. The molecule has 0 amide bonds. The lowest BCUT2D eigenvalue weighted by molar-refractivity contribution is -0.0190. The van der Waals surface area contributed by atoms with Gasteiger partial charge in [0.05, 0.1) is 39.1 Å². The average Bonchev–Trinajstić information content (AvgIpc) is 2.71. The Hall–Kier alpha value is -1.63. The van der Waals surface area contributed by atoms with Gasteiger partial charge in [-0.05, 0) is 43.4 Å². The second-order valence-corrected chi connectivity index (χ2v) is 7.04. The molecule has 1 aromatic rings. The number of rotatable bonds is 6. The van der Waals surface area contributed by atoms with Crippen molar-refractivity contribution in [3.05, 3.63) is 23.3 Å². The summed E-state index contributed by atoms with van der Waals surface area (Å²) in [5, 5.41) is 9.74. The number of methoxy groups -OCH3 is 4. The van der Waals surface area contributed by atoms with Crippen molar-refractivity contribution in [1.82, 2.24) is 0 Å². The van der Waals surface area contributed by atoms with E-state index in [9.17, 15) is 5.11 Å². The van der Waals surface area contributed by atoms with Crippen molar-refractivity contribution in [3.8, 4) is 11.5 Å². The lowest BCUT2D eigenvalue weighted by atomic mass is 9.77. The molecule has 1 aromatic carbocycles. The molecule has 0 spiro atoms. The van der Waals surface area contributed by atoms with E-state index >= 15 is 0 Å². The van der Waals surface area contributed by atoms with E-state index in [1.807, 2.05) is 12.1 Å². The van der Waals surface area contributed by atoms with Crippen LogP contribution in [0, 0.1) is 5.92 Å². The van der Waals surface area contributed by atoms with Crippen LogP contribution in [-0.4, -0.2) is 64.1 Å². The van der Waals surface area contributed by atoms with Crippen LogP contribution in [-0.2, 0) is 15.9 Å². The summed E-state index contributed by atoms with van der Waals surface area (Å²) >= 11 is 0. The van der Waals surface area contributed by atoms with Gasteiger partial charge in [0.1, 0.15) is 0 Å². The Balaban J connectivity index is 2.01. The maximum Gasteiger partial charge on any atom is 0.161 e. The summed E-state index contributed by atoms with van der Waals surface area (Å²) in [7, 11) is 6.78. The van der Waals surface area contributed by atoms with Gasteiger partial charge in [0, 0.05) is 31.4 Å². The molecule has 0 bridgehead atoms. The van der Waals surface area contributed by atoms with Crippen molar-refractivity contribution in [2.75, 3.05) is 35.0 Å². The molecule has 0 aromatic heterocycles. The second-order valence-electron chi connectivity index (χ2n) is 7.04. The van der Waals surface area contributed by atoms with Gasteiger partial charge in [-0.25, -0.2) is 0 Å². The van der Waals surface area contributed by atoms with E-state index < -0.39 is 0 Å². The molecule has 1 aliphatic heterocycles. The molecule has 1 heterocycles. The van der Waals surface area contributed by atoms with Crippen LogP contribution in [0.4, 0.5) is 0 Å². The van der Waals surface area contributed by atoms with Gasteiger partial charge in [0.15, 0.2) is 11.5 Å². The van der Waals surface area contributed by atoms with Crippen molar-refractivity contribution in [1.29, 1.82) is 0 Å². The summed E-state index contributed by atoms with van der Waals surface area (Å²) in [6, 6.07) is 3.90. The third kappa shape index (κ3) is 3.72. The van der Waals surface area contributed by atoms with Gasteiger partial charge in [0.2, 0.25) is 0 Å². The SMILES string of the molecule is COc1cc2c(cc1OC)C(C1CC(OC)CC(OC)C1)=NC(CO)C2. The zero-order valence-corrected chi connectivity index (χ0v) is 16.0. The molecule has 0 radical (unpaired) electrons. The molecule has 144 valence electrons. The van der Waals surface area contributed by atoms with Crippen LogP contribution < -0.4 is 9.47 Å². The molecule has 3 rings (SSSR count). The number of ether oxygens (including phenoxy) is 4. The zero-order valence-electron chi connectivity index (χ0n) is 16.0. The molecular weight excluding hydrogens is 334 g/mol. The second kappa shape index (κ2) is 8.37. The number of aliphatic hydroxyl groups excluding tert-OH is 1. The highest BCUT2D eigenvalue weighted by Gasteiger charge is 2.35. The molecule has 26 heavy (non-hydrogen) atoms. The predicted molar refractivity (Wildman–Crippen MR) is 99.6 cm³/mol. The molecule has 6 heteroatoms. The summed E-state index contributed by atoms with van der Waals surface area (Å²) in [4.78, 5) is 4.89. The predicted octanol–water partition coefficient (Wildman–Crippen LogP) is 2.24. The maximum atomic E-state index is 9.74. The Morgan fingerprint density at radius 1 is 0.962 bits per heavy atom. The standard InChI is InChI=1S/C20H29NO5/c1-23-15-6-13(7-16(9-15)24-2)20-17-10-19(26-4)18(25-3)8-12(17)5-14(11-22)21-20/h8,10,13-16,22H,5-7,9,11H2,1-4H3. The van der Waals surface area contributed by atoms with Gasteiger partial charge in [-0.2, -0.15) is 0 Å². The monoisotopic (exact) mass is 363 g/mol. The van der Waals surface area contributed by atoms with Gasteiger partial charge in [-0.15, -0.1) is 0 Å². The largest absolute Gasteiger partial charge is 0.493 e. The fourth-order valence-corrected chi connectivity index (χ4v) is 4.15. The van der Waals surface area contributed by atoms with Gasteiger partial charge >= 0.3 is 0 Å². The first-order valence-corrected chi connectivity index (χ1v) is 9.12. The Labute approximate surface area is 155 Å². The normalized spacial score (nSPS) is 28.3. The molecule has 3 unspecified atom stereocenters. The molecule has 2 aliphatic rings. The summed E-state index contributed by atoms with van der Waals surface area (Å²) in [5.74, 6) is 1.63. The van der Waals surface area contributed by atoms with E-state index in [1.165, 1.54) is 0 Å². The van der Waals surface area contributed by atoms with Gasteiger partial charge in [-0.1, -0.05) is 0 Å². The van der Waals surface area contributed by atoms with E-state index in [2.05, 4.69) is 0 Å². The summed E-state index contributed by atoms with van der Waals surface area (Å²) in [5.41, 5.74) is 3.25. The number of nitrogens with zero attached hydrogens (tertiary/aromatic N) is 1. The quantitative estimate of drug-likeness (QED) is 0.839. The van der Waals surface area contributed by atoms with Crippen LogP contribution in [0.25, 0.3) is 0 Å². The topological polar surface area (TPSA) is 69.5 Å². The van der Waals surface area contributed by atoms with Crippen LogP contribution >= 0.6 is 0 Å². The molecule has 3 atom stereocenters. The fourth-order valence-electron chi connectivity index (χ4n) is 4.15. The van der Waals surface area contributed by atoms with E-state index in [1.54, 1.807) is 28.4 Å². The molecule has 1 fully saturated rings. The number of aliphatic hydroxyl groups is 1. The highest BCUT2D eigenvalue weighted by atomic mass is 16.5. The molecule has 1 N–H and O–H groups in total. The van der Waals surface area contributed by atoms with Crippen LogP contribution in [0.5, 0.6) is 11.5 Å². The maximum absolute atomic E-state index is 9.74. The Morgan fingerprint density at radius 2 is 1.58 bits per heavy atom. The highest BCUT2D eigenvalue weighted by Crippen LogP contribution is 2.38. The zero-order chi connectivity index (χ0) is 18.7. The van der Waals surface area contributed by atoms with Gasteiger partial charge < -0.3 is 24.1 Å². The summed E-state index contributed by atoms with van der Waals surface area (Å²) in [6.07, 6.45) is 3.71. The van der Waals surface area contributed by atoms with E-state index in [0.29, 0.717) is 17.9 Å². The Bertz CT molecular complexity index is 648.